The van der Waals surface area contributed by atoms with Crippen molar-refractivity contribution >= 4 is 11.9 Å². The molecule has 4 heteroatoms. The Balaban J connectivity index is 3.08. The lowest BCUT2D eigenvalue weighted by Crippen LogP contribution is -2.48. The fourth-order valence-corrected chi connectivity index (χ4v) is 3.40. The van der Waals surface area contributed by atoms with Gasteiger partial charge < -0.3 is 9.47 Å². The minimum absolute atomic E-state index is 0.0364. The molecule has 0 aromatic heterocycles. The highest BCUT2D eigenvalue weighted by molar-refractivity contribution is 6.00. The Morgan fingerprint density at radius 3 is 2.00 bits per heavy atom. The molecule has 2 atom stereocenters. The van der Waals surface area contributed by atoms with Gasteiger partial charge >= 0.3 is 11.9 Å². The van der Waals surface area contributed by atoms with Crippen molar-refractivity contribution in [2.24, 2.45) is 17.3 Å². The Hall–Kier alpha value is -1.06. The Bertz CT molecular complexity index is 319. The van der Waals surface area contributed by atoms with Gasteiger partial charge in [-0.15, -0.1) is 0 Å². The number of esters is 2. The first-order chi connectivity index (χ1) is 9.52. The summed E-state index contributed by atoms with van der Waals surface area (Å²) in [6.45, 7) is 8.19. The molecule has 1 rings (SSSR count). The van der Waals surface area contributed by atoms with E-state index in [9.17, 15) is 9.59 Å². The molecule has 20 heavy (non-hydrogen) atoms. The molecule has 1 aliphatic rings. The van der Waals surface area contributed by atoms with Crippen LogP contribution in [0.2, 0.25) is 0 Å². The average Bonchev–Trinajstić information content (AvgIpc) is 2.41. The normalized spacial score (nSPS) is 23.2. The van der Waals surface area contributed by atoms with Crippen LogP contribution in [-0.4, -0.2) is 25.2 Å². The molecule has 0 bridgehead atoms. The van der Waals surface area contributed by atoms with Crippen LogP contribution in [0.15, 0.2) is 0 Å². The first kappa shape index (κ1) is 17.0. The van der Waals surface area contributed by atoms with Crippen LogP contribution in [0.4, 0.5) is 0 Å². The largest absolute Gasteiger partial charge is 0.465 e. The van der Waals surface area contributed by atoms with Crippen molar-refractivity contribution in [1.29, 1.82) is 0 Å². The van der Waals surface area contributed by atoms with E-state index < -0.39 is 17.4 Å². The van der Waals surface area contributed by atoms with Gasteiger partial charge in [0.25, 0.3) is 0 Å². The Morgan fingerprint density at radius 2 is 1.60 bits per heavy atom. The predicted molar refractivity (Wildman–Crippen MR) is 77.1 cm³/mol. The molecule has 0 heterocycles. The summed E-state index contributed by atoms with van der Waals surface area (Å²) < 4.78 is 10.4. The maximum atomic E-state index is 12.5. The minimum atomic E-state index is -1.11. The summed E-state index contributed by atoms with van der Waals surface area (Å²) in [6, 6.07) is 0. The third-order valence-electron chi connectivity index (χ3n) is 4.47. The number of hydrogen-bond acceptors (Lipinski definition) is 4. The molecule has 0 saturated heterocycles. The summed E-state index contributed by atoms with van der Waals surface area (Å²) in [4.78, 5) is 25.0. The van der Waals surface area contributed by atoms with E-state index in [4.69, 9.17) is 9.47 Å². The van der Waals surface area contributed by atoms with Crippen molar-refractivity contribution in [2.45, 2.75) is 59.8 Å². The van der Waals surface area contributed by atoms with Gasteiger partial charge in [-0.2, -0.15) is 0 Å². The highest BCUT2D eigenvalue weighted by atomic mass is 16.6. The zero-order valence-electron chi connectivity index (χ0n) is 13.2. The van der Waals surface area contributed by atoms with Crippen LogP contribution >= 0.6 is 0 Å². The van der Waals surface area contributed by atoms with Crippen LogP contribution < -0.4 is 0 Å². The second-order valence-corrected chi connectivity index (χ2v) is 5.73. The second kappa shape index (κ2) is 7.65. The van der Waals surface area contributed by atoms with Crippen LogP contribution in [0.3, 0.4) is 0 Å². The lowest BCUT2D eigenvalue weighted by molar-refractivity contribution is -0.179. The zero-order valence-corrected chi connectivity index (χ0v) is 13.2. The van der Waals surface area contributed by atoms with Gasteiger partial charge in [-0.3, -0.25) is 9.59 Å². The highest BCUT2D eigenvalue weighted by Crippen LogP contribution is 2.44. The van der Waals surface area contributed by atoms with Gasteiger partial charge in [0.05, 0.1) is 13.2 Å². The van der Waals surface area contributed by atoms with E-state index in [-0.39, 0.29) is 5.92 Å². The van der Waals surface area contributed by atoms with Crippen molar-refractivity contribution in [3.63, 3.8) is 0 Å². The third-order valence-corrected chi connectivity index (χ3v) is 4.47. The summed E-state index contributed by atoms with van der Waals surface area (Å²) in [6.07, 6.45) is 4.47. The molecule has 1 aliphatic carbocycles. The molecule has 4 nitrogen and oxygen atoms in total. The summed E-state index contributed by atoms with van der Waals surface area (Å²) >= 11 is 0. The Morgan fingerprint density at radius 1 is 1.05 bits per heavy atom. The van der Waals surface area contributed by atoms with Crippen molar-refractivity contribution < 1.29 is 19.1 Å². The number of rotatable bonds is 6. The number of carbonyl (C=O) groups excluding carboxylic acids is 2. The van der Waals surface area contributed by atoms with Gasteiger partial charge in [-0.05, 0) is 44.9 Å². The lowest BCUT2D eigenvalue weighted by atomic mass is 9.65. The first-order valence-corrected chi connectivity index (χ1v) is 7.87. The van der Waals surface area contributed by atoms with Crippen molar-refractivity contribution in [3.8, 4) is 0 Å². The molecule has 1 saturated carbocycles. The maximum absolute atomic E-state index is 12.5. The third kappa shape index (κ3) is 3.33. The molecule has 0 aliphatic heterocycles. The van der Waals surface area contributed by atoms with Crippen molar-refractivity contribution in [1.82, 2.24) is 0 Å². The SMILES string of the molecule is CCOC(=O)C(CC)(C(=O)OCC)C1CCCC(C)C1. The average molecular weight is 284 g/mol. The highest BCUT2D eigenvalue weighted by Gasteiger charge is 2.53. The summed E-state index contributed by atoms with van der Waals surface area (Å²) in [5, 5.41) is 0. The number of hydrogen-bond donors (Lipinski definition) is 0. The van der Waals surface area contributed by atoms with Crippen LogP contribution in [0, 0.1) is 17.3 Å². The topological polar surface area (TPSA) is 52.6 Å². The molecule has 0 aromatic rings. The van der Waals surface area contributed by atoms with Crippen LogP contribution in [0.1, 0.15) is 59.8 Å². The van der Waals surface area contributed by atoms with E-state index in [1.165, 1.54) is 6.42 Å². The quantitative estimate of drug-likeness (QED) is 0.554. The standard InChI is InChI=1S/C16H28O4/c1-5-16(14(17)19-6-2,15(18)20-7-3)13-10-8-9-12(4)11-13/h12-13H,5-11H2,1-4H3. The van der Waals surface area contributed by atoms with Gasteiger partial charge in [0.2, 0.25) is 0 Å². The minimum Gasteiger partial charge on any atom is -0.465 e. The fourth-order valence-electron chi connectivity index (χ4n) is 3.40. The van der Waals surface area contributed by atoms with Gasteiger partial charge in [0.15, 0.2) is 5.41 Å². The molecule has 0 N–H and O–H groups in total. The Labute approximate surface area is 122 Å². The molecule has 2 unspecified atom stereocenters. The number of carbonyl (C=O) groups is 2. The molecule has 0 spiro atoms. The first-order valence-electron chi connectivity index (χ1n) is 7.87. The van der Waals surface area contributed by atoms with E-state index in [1.54, 1.807) is 13.8 Å². The molecular formula is C16H28O4. The van der Waals surface area contributed by atoms with E-state index in [0.29, 0.717) is 25.6 Å². The monoisotopic (exact) mass is 284 g/mol. The lowest BCUT2D eigenvalue weighted by Gasteiger charge is -2.39. The molecule has 0 radical (unpaired) electrons. The molecule has 116 valence electrons. The maximum Gasteiger partial charge on any atom is 0.323 e. The van der Waals surface area contributed by atoms with Gasteiger partial charge in [0.1, 0.15) is 0 Å². The molecular weight excluding hydrogens is 256 g/mol. The Kier molecular flexibility index (Phi) is 6.50. The van der Waals surface area contributed by atoms with E-state index in [0.717, 1.165) is 19.3 Å². The van der Waals surface area contributed by atoms with E-state index >= 15 is 0 Å². The second-order valence-electron chi connectivity index (χ2n) is 5.73. The van der Waals surface area contributed by atoms with Crippen molar-refractivity contribution in [3.05, 3.63) is 0 Å². The summed E-state index contributed by atoms with van der Waals surface area (Å²) in [7, 11) is 0. The smallest absolute Gasteiger partial charge is 0.323 e. The van der Waals surface area contributed by atoms with Gasteiger partial charge in [-0.1, -0.05) is 26.7 Å². The van der Waals surface area contributed by atoms with Crippen molar-refractivity contribution in [2.75, 3.05) is 13.2 Å². The van der Waals surface area contributed by atoms with Gasteiger partial charge in [-0.25, -0.2) is 0 Å². The number of ether oxygens (including phenoxy) is 2. The predicted octanol–water partition coefficient (Wildman–Crippen LogP) is 3.34. The molecule has 1 fully saturated rings. The molecule has 0 aromatic carbocycles. The molecule has 0 amide bonds. The zero-order chi connectivity index (χ0) is 15.2. The van der Waals surface area contributed by atoms with Crippen LogP contribution in [-0.2, 0) is 19.1 Å². The fraction of sp³-hybridized carbons (Fsp3) is 0.875. The van der Waals surface area contributed by atoms with Crippen LogP contribution in [0.25, 0.3) is 0 Å². The van der Waals surface area contributed by atoms with Crippen LogP contribution in [0.5, 0.6) is 0 Å². The van der Waals surface area contributed by atoms with Gasteiger partial charge in [0, 0.05) is 0 Å². The van der Waals surface area contributed by atoms with E-state index in [1.807, 2.05) is 6.92 Å². The summed E-state index contributed by atoms with van der Waals surface area (Å²) in [5.41, 5.74) is -1.11. The summed E-state index contributed by atoms with van der Waals surface area (Å²) in [5.74, 6) is -0.224. The van der Waals surface area contributed by atoms with E-state index in [2.05, 4.69) is 6.92 Å².